The molecule has 2 unspecified atom stereocenters. The number of nitrogens with one attached hydrogen (secondary N) is 1. The van der Waals surface area contributed by atoms with Gasteiger partial charge in [0.1, 0.15) is 10.6 Å². The van der Waals surface area contributed by atoms with Gasteiger partial charge < -0.3 is 14.2 Å². The maximum Gasteiger partial charge on any atom is 0.267 e. The number of methoxy groups -OCH3 is 3. The highest BCUT2D eigenvalue weighted by atomic mass is 32.2. The van der Waals surface area contributed by atoms with Gasteiger partial charge in [-0.1, -0.05) is 42.5 Å². The molecule has 208 valence electrons. The molecule has 3 aliphatic rings. The highest BCUT2D eigenvalue weighted by Crippen LogP contribution is 2.64. The Bertz CT molecular complexity index is 1600. The monoisotopic (exact) mass is 560 g/mol. The molecular formula is C31H32N2O6S. The SMILES string of the molecule is COCC1(c2ccc(OC)c(S(=O)(=O)NC(=O)C34C=Cc5c(-c6ccccn6)cccc5C3C4)c2)CC(OC)C1. The van der Waals surface area contributed by atoms with E-state index in [-0.39, 0.29) is 28.1 Å². The van der Waals surface area contributed by atoms with Crippen LogP contribution in [0.25, 0.3) is 17.3 Å². The average molecular weight is 561 g/mol. The van der Waals surface area contributed by atoms with Gasteiger partial charge in [-0.3, -0.25) is 9.78 Å². The summed E-state index contributed by atoms with van der Waals surface area (Å²) in [6.45, 7) is 0.431. The summed E-state index contributed by atoms with van der Waals surface area (Å²) in [5, 5.41) is 0. The van der Waals surface area contributed by atoms with E-state index >= 15 is 0 Å². The molecule has 6 rings (SSSR count). The number of hydrogen-bond donors (Lipinski definition) is 1. The normalized spacial score (nSPS) is 26.3. The Kier molecular flexibility index (Phi) is 6.56. The van der Waals surface area contributed by atoms with Crippen LogP contribution in [0.5, 0.6) is 5.75 Å². The molecule has 1 N–H and O–H groups in total. The number of carbonyl (C=O) groups excluding carboxylic acids is 1. The number of hydrogen-bond acceptors (Lipinski definition) is 7. The van der Waals surface area contributed by atoms with Crippen LogP contribution in [0.1, 0.15) is 41.9 Å². The molecule has 2 saturated carbocycles. The van der Waals surface area contributed by atoms with Crippen molar-refractivity contribution in [3.63, 3.8) is 0 Å². The first-order valence-corrected chi connectivity index (χ1v) is 14.8. The lowest BCUT2D eigenvalue weighted by molar-refractivity contribution is -0.123. The lowest BCUT2D eigenvalue weighted by Crippen LogP contribution is -2.48. The first kappa shape index (κ1) is 26.7. The number of fused-ring (bicyclic) bond motifs is 3. The first-order valence-electron chi connectivity index (χ1n) is 13.3. The summed E-state index contributed by atoms with van der Waals surface area (Å²) in [5.41, 5.74) is 3.42. The number of sulfonamides is 1. The van der Waals surface area contributed by atoms with Crippen LogP contribution < -0.4 is 9.46 Å². The van der Waals surface area contributed by atoms with Crippen molar-refractivity contribution in [2.75, 3.05) is 27.9 Å². The highest BCUT2D eigenvalue weighted by molar-refractivity contribution is 7.90. The third-order valence-corrected chi connectivity index (χ3v) is 10.1. The minimum Gasteiger partial charge on any atom is -0.495 e. The van der Waals surface area contributed by atoms with Gasteiger partial charge >= 0.3 is 0 Å². The largest absolute Gasteiger partial charge is 0.495 e. The van der Waals surface area contributed by atoms with Crippen LogP contribution in [0.2, 0.25) is 0 Å². The maximum absolute atomic E-state index is 13.7. The molecule has 3 aromatic rings. The van der Waals surface area contributed by atoms with Gasteiger partial charge in [0.25, 0.3) is 10.0 Å². The van der Waals surface area contributed by atoms with Gasteiger partial charge in [0.2, 0.25) is 5.91 Å². The van der Waals surface area contributed by atoms with Gasteiger partial charge in [-0.25, -0.2) is 13.1 Å². The Morgan fingerprint density at radius 2 is 1.88 bits per heavy atom. The van der Waals surface area contributed by atoms with Crippen LogP contribution in [0.3, 0.4) is 0 Å². The number of carbonyl (C=O) groups is 1. The molecule has 1 heterocycles. The van der Waals surface area contributed by atoms with E-state index in [9.17, 15) is 13.2 Å². The quantitative estimate of drug-likeness (QED) is 0.412. The van der Waals surface area contributed by atoms with Crippen LogP contribution >= 0.6 is 0 Å². The van der Waals surface area contributed by atoms with Gasteiger partial charge in [0.05, 0.1) is 30.9 Å². The predicted octanol–water partition coefficient (Wildman–Crippen LogP) is 4.46. The van der Waals surface area contributed by atoms with E-state index in [0.717, 1.165) is 27.9 Å². The molecule has 2 fully saturated rings. The minimum atomic E-state index is -4.23. The number of amides is 1. The lowest BCUT2D eigenvalue weighted by atomic mass is 9.63. The van der Waals surface area contributed by atoms with Crippen molar-refractivity contribution in [2.24, 2.45) is 5.41 Å². The van der Waals surface area contributed by atoms with Crippen molar-refractivity contribution >= 4 is 22.0 Å². The smallest absolute Gasteiger partial charge is 0.267 e. The average Bonchev–Trinajstić information content (AvgIpc) is 3.71. The van der Waals surface area contributed by atoms with E-state index in [2.05, 4.69) is 9.71 Å². The third kappa shape index (κ3) is 4.24. The molecular weight excluding hydrogens is 528 g/mol. The Balaban J connectivity index is 1.28. The van der Waals surface area contributed by atoms with Crippen molar-refractivity contribution in [3.05, 3.63) is 83.6 Å². The fourth-order valence-electron chi connectivity index (χ4n) is 6.41. The van der Waals surface area contributed by atoms with Crippen LogP contribution in [-0.4, -0.2) is 53.3 Å². The van der Waals surface area contributed by atoms with Crippen LogP contribution in [0, 0.1) is 5.41 Å². The second-order valence-corrected chi connectivity index (χ2v) is 12.6. The van der Waals surface area contributed by atoms with Crippen molar-refractivity contribution in [1.29, 1.82) is 0 Å². The Morgan fingerprint density at radius 3 is 2.58 bits per heavy atom. The standard InChI is InChI=1S/C31H32N2O6S/c1-37-19-30(16-21(17-30)38-2)20-10-11-27(39-3)28(15-20)40(35,36)33-29(34)31-13-12-22-23(25(31)18-31)7-6-8-24(22)26-9-4-5-14-32-26/h4-15,21,25H,16-19H2,1-3H3,(H,33,34). The first-order chi connectivity index (χ1) is 19.3. The molecule has 2 aromatic carbocycles. The molecule has 40 heavy (non-hydrogen) atoms. The van der Waals surface area contributed by atoms with Crippen molar-refractivity contribution in [2.45, 2.75) is 41.6 Å². The summed E-state index contributed by atoms with van der Waals surface area (Å²) in [4.78, 5) is 18.0. The van der Waals surface area contributed by atoms with Crippen molar-refractivity contribution < 1.29 is 27.4 Å². The minimum absolute atomic E-state index is 0.0663. The molecule has 1 aromatic heterocycles. The number of benzene rings is 2. The van der Waals surface area contributed by atoms with Crippen LogP contribution in [-0.2, 0) is 29.7 Å². The molecule has 1 amide bonds. The fraction of sp³-hybridized carbons (Fsp3) is 0.355. The number of pyridine rings is 1. The highest BCUT2D eigenvalue weighted by Gasteiger charge is 2.61. The van der Waals surface area contributed by atoms with Gasteiger partial charge in [-0.2, -0.15) is 0 Å². The zero-order valence-corrected chi connectivity index (χ0v) is 23.5. The third-order valence-electron chi connectivity index (χ3n) is 8.71. The Morgan fingerprint density at radius 1 is 1.05 bits per heavy atom. The summed E-state index contributed by atoms with van der Waals surface area (Å²) in [6.07, 6.45) is 7.57. The summed E-state index contributed by atoms with van der Waals surface area (Å²) < 4.78 is 46.1. The van der Waals surface area contributed by atoms with Crippen molar-refractivity contribution in [1.82, 2.24) is 9.71 Å². The zero-order valence-electron chi connectivity index (χ0n) is 22.7. The molecule has 0 radical (unpaired) electrons. The van der Waals surface area contributed by atoms with E-state index in [1.807, 2.05) is 54.6 Å². The van der Waals surface area contributed by atoms with E-state index < -0.39 is 21.3 Å². The molecule has 9 heteroatoms. The van der Waals surface area contributed by atoms with Crippen molar-refractivity contribution in [3.8, 4) is 17.0 Å². The van der Waals surface area contributed by atoms with E-state index in [4.69, 9.17) is 14.2 Å². The maximum atomic E-state index is 13.7. The number of aromatic nitrogens is 1. The molecule has 8 nitrogen and oxygen atoms in total. The number of ether oxygens (including phenoxy) is 3. The fourth-order valence-corrected chi connectivity index (χ4v) is 7.65. The van der Waals surface area contributed by atoms with Gasteiger partial charge in [0.15, 0.2) is 0 Å². The summed E-state index contributed by atoms with van der Waals surface area (Å²) in [5.74, 6) is -0.469. The number of rotatable bonds is 9. The van der Waals surface area contributed by atoms with E-state index in [1.54, 1.807) is 32.5 Å². The molecule has 2 atom stereocenters. The molecule has 0 saturated heterocycles. The molecule has 0 bridgehead atoms. The summed E-state index contributed by atoms with van der Waals surface area (Å²) in [6, 6.07) is 16.8. The lowest BCUT2D eigenvalue weighted by Gasteiger charge is -2.47. The molecule has 0 spiro atoms. The molecule has 3 aliphatic carbocycles. The second kappa shape index (κ2) is 9.83. The van der Waals surface area contributed by atoms with Gasteiger partial charge in [-0.15, -0.1) is 0 Å². The van der Waals surface area contributed by atoms with Crippen LogP contribution in [0.4, 0.5) is 0 Å². The van der Waals surface area contributed by atoms with Gasteiger partial charge in [0, 0.05) is 37.3 Å². The zero-order chi connectivity index (χ0) is 28.1. The topological polar surface area (TPSA) is 104 Å². The second-order valence-electron chi connectivity index (χ2n) is 10.9. The van der Waals surface area contributed by atoms with Crippen LogP contribution in [0.15, 0.2) is 71.8 Å². The Labute approximate surface area is 234 Å². The number of nitrogens with zero attached hydrogens (tertiary/aromatic N) is 1. The summed E-state index contributed by atoms with van der Waals surface area (Å²) in [7, 11) is 0.483. The Hall–Kier alpha value is -3.53. The summed E-state index contributed by atoms with van der Waals surface area (Å²) >= 11 is 0. The van der Waals surface area contributed by atoms with E-state index in [1.165, 1.54) is 7.11 Å². The predicted molar refractivity (Wildman–Crippen MR) is 150 cm³/mol. The van der Waals surface area contributed by atoms with Gasteiger partial charge in [-0.05, 0) is 60.2 Å². The van der Waals surface area contributed by atoms with E-state index in [0.29, 0.717) is 25.9 Å². The molecule has 0 aliphatic heterocycles.